The molecular formula is C20H25N3O3S2. The van der Waals surface area contributed by atoms with Gasteiger partial charge < -0.3 is 15.0 Å². The van der Waals surface area contributed by atoms with Crippen LogP contribution in [0.2, 0.25) is 0 Å². The quantitative estimate of drug-likeness (QED) is 0.523. The zero-order valence-electron chi connectivity index (χ0n) is 16.3. The highest BCUT2D eigenvalue weighted by atomic mass is 32.2. The molecule has 8 heteroatoms. The van der Waals surface area contributed by atoms with Gasteiger partial charge in [0.2, 0.25) is 10.0 Å². The van der Waals surface area contributed by atoms with Gasteiger partial charge in [0.05, 0.1) is 4.90 Å². The third kappa shape index (κ3) is 5.79. The monoisotopic (exact) mass is 419 g/mol. The zero-order chi connectivity index (χ0) is 20.7. The molecule has 0 spiro atoms. The molecule has 0 saturated heterocycles. The molecule has 0 aliphatic carbocycles. The van der Waals surface area contributed by atoms with Gasteiger partial charge in [0.1, 0.15) is 12.4 Å². The van der Waals surface area contributed by atoms with E-state index in [4.69, 9.17) is 17.0 Å². The molecule has 0 bridgehead atoms. The lowest BCUT2D eigenvalue weighted by atomic mass is 10.2. The second-order valence-corrected chi connectivity index (χ2v) is 8.88. The molecular weight excluding hydrogens is 394 g/mol. The van der Waals surface area contributed by atoms with Gasteiger partial charge in [0, 0.05) is 33.4 Å². The summed E-state index contributed by atoms with van der Waals surface area (Å²) in [5.41, 5.74) is 1.69. The predicted molar refractivity (Wildman–Crippen MR) is 117 cm³/mol. The van der Waals surface area contributed by atoms with E-state index in [0.717, 1.165) is 11.3 Å². The van der Waals surface area contributed by atoms with Gasteiger partial charge >= 0.3 is 0 Å². The molecule has 28 heavy (non-hydrogen) atoms. The summed E-state index contributed by atoms with van der Waals surface area (Å²) in [5.74, 6) is 0.783. The Balaban J connectivity index is 2.02. The third-order valence-electron chi connectivity index (χ3n) is 3.92. The molecule has 0 aliphatic rings. The summed E-state index contributed by atoms with van der Waals surface area (Å²) in [6.07, 6.45) is 1.70. The second-order valence-electron chi connectivity index (χ2n) is 6.35. The normalized spacial score (nSPS) is 11.1. The van der Waals surface area contributed by atoms with Crippen LogP contribution < -0.4 is 10.1 Å². The number of thiocarbonyl (C=S) groups is 1. The first kappa shape index (κ1) is 21.9. The van der Waals surface area contributed by atoms with E-state index in [0.29, 0.717) is 24.0 Å². The molecule has 6 nitrogen and oxygen atoms in total. The first-order chi connectivity index (χ1) is 13.2. The number of nitrogens with one attached hydrogen (secondary N) is 1. The molecule has 0 unspecified atom stereocenters. The first-order valence-electron chi connectivity index (χ1n) is 8.61. The average Bonchev–Trinajstić information content (AvgIpc) is 2.67. The molecule has 0 fully saturated rings. The van der Waals surface area contributed by atoms with Crippen LogP contribution >= 0.6 is 12.2 Å². The molecule has 0 aromatic heterocycles. The fraction of sp³-hybridized carbons (Fsp3) is 0.250. The van der Waals surface area contributed by atoms with Gasteiger partial charge in [-0.3, -0.25) is 0 Å². The van der Waals surface area contributed by atoms with E-state index in [1.807, 2.05) is 36.2 Å². The Morgan fingerprint density at radius 1 is 1.18 bits per heavy atom. The Labute approximate surface area is 172 Å². The highest BCUT2D eigenvalue weighted by Crippen LogP contribution is 2.19. The highest BCUT2D eigenvalue weighted by molar-refractivity contribution is 7.89. The standard InChI is InChI=1S/C20H25N3O3S2/c1-5-13-26-18-11-9-16(10-12-18)15-23(4)20(27)21-17-7-6-8-19(14-17)28(24,25)22(2)3/h5-12,14H,1,13,15H2,2-4H3,(H,21,27). The van der Waals surface area contributed by atoms with E-state index in [1.54, 1.807) is 30.3 Å². The van der Waals surface area contributed by atoms with Crippen molar-refractivity contribution in [3.05, 3.63) is 66.7 Å². The van der Waals surface area contributed by atoms with Crippen LogP contribution in [-0.2, 0) is 16.6 Å². The number of ether oxygens (including phenoxy) is 1. The maximum Gasteiger partial charge on any atom is 0.242 e. The van der Waals surface area contributed by atoms with Crippen LogP contribution in [0.4, 0.5) is 5.69 Å². The van der Waals surface area contributed by atoms with E-state index in [9.17, 15) is 8.42 Å². The van der Waals surface area contributed by atoms with Crippen molar-refractivity contribution in [1.29, 1.82) is 0 Å². The molecule has 2 aromatic rings. The number of anilines is 1. The Kier molecular flexibility index (Phi) is 7.56. The minimum atomic E-state index is -3.50. The summed E-state index contributed by atoms with van der Waals surface area (Å²) >= 11 is 5.45. The largest absolute Gasteiger partial charge is 0.490 e. The molecule has 0 aliphatic heterocycles. The minimum absolute atomic E-state index is 0.211. The molecule has 150 valence electrons. The van der Waals surface area contributed by atoms with Crippen molar-refractivity contribution in [2.75, 3.05) is 33.1 Å². The van der Waals surface area contributed by atoms with Crippen LogP contribution in [0.5, 0.6) is 5.75 Å². The lowest BCUT2D eigenvalue weighted by Crippen LogP contribution is -2.30. The van der Waals surface area contributed by atoms with Crippen molar-refractivity contribution in [1.82, 2.24) is 9.21 Å². The van der Waals surface area contributed by atoms with E-state index in [1.165, 1.54) is 18.4 Å². The van der Waals surface area contributed by atoms with E-state index in [-0.39, 0.29) is 4.90 Å². The number of hydrogen-bond donors (Lipinski definition) is 1. The van der Waals surface area contributed by atoms with Crippen LogP contribution in [0, 0.1) is 0 Å². The molecule has 0 saturated carbocycles. The Morgan fingerprint density at radius 3 is 2.46 bits per heavy atom. The molecule has 0 heterocycles. The maximum atomic E-state index is 12.3. The van der Waals surface area contributed by atoms with Gasteiger partial charge in [0.15, 0.2) is 5.11 Å². The number of sulfonamides is 1. The first-order valence-corrected chi connectivity index (χ1v) is 10.5. The zero-order valence-corrected chi connectivity index (χ0v) is 17.9. The minimum Gasteiger partial charge on any atom is -0.490 e. The van der Waals surface area contributed by atoms with Crippen molar-refractivity contribution in [2.45, 2.75) is 11.4 Å². The summed E-state index contributed by atoms with van der Waals surface area (Å²) in [7, 11) is 1.38. The molecule has 0 amide bonds. The van der Waals surface area contributed by atoms with Gasteiger partial charge in [-0.2, -0.15) is 0 Å². The topological polar surface area (TPSA) is 61.9 Å². The van der Waals surface area contributed by atoms with Gasteiger partial charge in [0.25, 0.3) is 0 Å². The number of nitrogens with zero attached hydrogens (tertiary/aromatic N) is 2. The van der Waals surface area contributed by atoms with E-state index < -0.39 is 10.0 Å². The Hall–Kier alpha value is -2.42. The van der Waals surface area contributed by atoms with Gasteiger partial charge in [-0.15, -0.1) is 0 Å². The van der Waals surface area contributed by atoms with Crippen LogP contribution in [0.15, 0.2) is 66.1 Å². The predicted octanol–water partition coefficient (Wildman–Crippen LogP) is 3.33. The van der Waals surface area contributed by atoms with Crippen molar-refractivity contribution < 1.29 is 13.2 Å². The lowest BCUT2D eigenvalue weighted by Gasteiger charge is -2.21. The summed E-state index contributed by atoms with van der Waals surface area (Å²) in [5, 5.41) is 3.58. The van der Waals surface area contributed by atoms with E-state index in [2.05, 4.69) is 11.9 Å². The van der Waals surface area contributed by atoms with Crippen molar-refractivity contribution in [2.24, 2.45) is 0 Å². The van der Waals surface area contributed by atoms with Gasteiger partial charge in [-0.1, -0.05) is 30.9 Å². The van der Waals surface area contributed by atoms with Crippen molar-refractivity contribution >= 4 is 33.0 Å². The van der Waals surface area contributed by atoms with Gasteiger partial charge in [-0.25, -0.2) is 12.7 Å². The van der Waals surface area contributed by atoms with Crippen LogP contribution in [-0.4, -0.2) is 50.5 Å². The number of benzene rings is 2. The average molecular weight is 420 g/mol. The molecule has 2 aromatic carbocycles. The van der Waals surface area contributed by atoms with Crippen LogP contribution in [0.25, 0.3) is 0 Å². The van der Waals surface area contributed by atoms with Crippen LogP contribution in [0.3, 0.4) is 0 Å². The molecule has 0 radical (unpaired) electrons. The fourth-order valence-corrected chi connectivity index (χ4v) is 3.49. The maximum absolute atomic E-state index is 12.3. The Bertz CT molecular complexity index is 926. The smallest absolute Gasteiger partial charge is 0.242 e. The molecule has 1 N–H and O–H groups in total. The second kappa shape index (κ2) is 9.68. The SMILES string of the molecule is C=CCOc1ccc(CN(C)C(=S)Nc2cccc(S(=O)(=O)N(C)C)c2)cc1. The highest BCUT2D eigenvalue weighted by Gasteiger charge is 2.17. The summed E-state index contributed by atoms with van der Waals surface area (Å²) in [4.78, 5) is 2.09. The van der Waals surface area contributed by atoms with Crippen molar-refractivity contribution in [3.63, 3.8) is 0 Å². The number of rotatable bonds is 8. The Morgan fingerprint density at radius 2 is 1.86 bits per heavy atom. The molecule has 0 atom stereocenters. The number of hydrogen-bond acceptors (Lipinski definition) is 4. The van der Waals surface area contributed by atoms with Gasteiger partial charge in [-0.05, 0) is 48.1 Å². The van der Waals surface area contributed by atoms with E-state index >= 15 is 0 Å². The molecule has 2 rings (SSSR count). The third-order valence-corrected chi connectivity index (χ3v) is 6.15. The summed E-state index contributed by atoms with van der Waals surface area (Å²) in [6.45, 7) is 4.69. The van der Waals surface area contributed by atoms with Crippen molar-refractivity contribution in [3.8, 4) is 5.75 Å². The summed E-state index contributed by atoms with van der Waals surface area (Å²) in [6, 6.07) is 14.3. The fourth-order valence-electron chi connectivity index (χ4n) is 2.36. The van der Waals surface area contributed by atoms with Crippen LogP contribution in [0.1, 0.15) is 5.56 Å². The lowest BCUT2D eigenvalue weighted by molar-refractivity contribution is 0.363. The summed E-state index contributed by atoms with van der Waals surface area (Å²) < 4.78 is 31.2.